The minimum Gasteiger partial charge on any atom is -0.467 e. The van der Waals surface area contributed by atoms with Gasteiger partial charge in [0.2, 0.25) is 12.3 Å². The Bertz CT molecular complexity index is 1070. The van der Waals surface area contributed by atoms with Gasteiger partial charge in [0, 0.05) is 26.0 Å². The van der Waals surface area contributed by atoms with Gasteiger partial charge in [0.25, 0.3) is 5.91 Å². The van der Waals surface area contributed by atoms with Gasteiger partial charge in [0.15, 0.2) is 24.1 Å². The Hall–Kier alpha value is -3.52. The first-order valence-corrected chi connectivity index (χ1v) is 9.83. The van der Waals surface area contributed by atoms with Gasteiger partial charge in [-0.3, -0.25) is 19.5 Å². The van der Waals surface area contributed by atoms with Gasteiger partial charge in [-0.2, -0.15) is 23.3 Å². The minimum absolute atomic E-state index is 0.0277. The lowest BCUT2D eigenvalue weighted by molar-refractivity contribution is -0.154. The van der Waals surface area contributed by atoms with Crippen molar-refractivity contribution in [2.75, 3.05) is 37.1 Å². The van der Waals surface area contributed by atoms with E-state index in [0.29, 0.717) is 12.5 Å². The number of hydrogen-bond acceptors (Lipinski definition) is 8. The number of amides is 2. The zero-order valence-corrected chi connectivity index (χ0v) is 18.6. The molecule has 0 aliphatic rings. The quantitative estimate of drug-likeness (QED) is 0.176. The average molecular weight is 507 g/mol. The zero-order valence-electron chi connectivity index (χ0n) is 17.8. The maximum Gasteiger partial charge on any atom is 0.422 e. The average Bonchev–Trinajstić information content (AvgIpc) is 2.78. The van der Waals surface area contributed by atoms with Crippen LogP contribution in [0.4, 0.5) is 29.1 Å². The molecule has 2 N–H and O–H groups in total. The molecule has 0 aliphatic heterocycles. The standard InChI is InChI=1S/C19H19ClF4N6O4/c1-3-30(10-32)15(8-31)28-29(2)16-13(21)6-11(18(27-16)34-9-19(22,23)24)17(33)26-14-4-5-25-7-12(14)20/h4-7,10,31H,3,8-9H2,1-2H3,(H,25,26,33)/b28-15-. The minimum atomic E-state index is -4.78. The summed E-state index contributed by atoms with van der Waals surface area (Å²) >= 11 is 5.91. The first-order valence-electron chi connectivity index (χ1n) is 9.45. The van der Waals surface area contributed by atoms with Crippen LogP contribution in [0.3, 0.4) is 0 Å². The second-order valence-corrected chi connectivity index (χ2v) is 6.86. The number of likely N-dealkylation sites (N-methyl/N-ethyl adjacent to an activating group) is 1. The van der Waals surface area contributed by atoms with Crippen LogP contribution in [0.15, 0.2) is 29.6 Å². The molecule has 0 saturated heterocycles. The summed E-state index contributed by atoms with van der Waals surface area (Å²) in [5.74, 6) is -3.87. The highest BCUT2D eigenvalue weighted by atomic mass is 35.5. The van der Waals surface area contributed by atoms with Crippen molar-refractivity contribution in [3.05, 3.63) is 40.9 Å². The summed E-state index contributed by atoms with van der Waals surface area (Å²) in [5, 5.41) is 16.4. The van der Waals surface area contributed by atoms with Crippen molar-refractivity contribution in [2.45, 2.75) is 13.1 Å². The molecule has 0 saturated carbocycles. The number of hydrazone groups is 1. The van der Waals surface area contributed by atoms with E-state index in [1.807, 2.05) is 0 Å². The van der Waals surface area contributed by atoms with Crippen LogP contribution < -0.4 is 15.1 Å². The van der Waals surface area contributed by atoms with E-state index in [9.17, 15) is 32.3 Å². The van der Waals surface area contributed by atoms with E-state index >= 15 is 0 Å². The molecule has 2 heterocycles. The van der Waals surface area contributed by atoms with Crippen molar-refractivity contribution in [3.63, 3.8) is 0 Å². The molecule has 0 radical (unpaired) electrons. The summed E-state index contributed by atoms with van der Waals surface area (Å²) in [6, 6.07) is 1.93. The normalized spacial score (nSPS) is 11.7. The maximum absolute atomic E-state index is 14.8. The number of carbonyl (C=O) groups excluding carboxylic acids is 2. The number of nitrogens with zero attached hydrogens (tertiary/aromatic N) is 5. The molecule has 0 atom stereocenters. The van der Waals surface area contributed by atoms with E-state index in [4.69, 9.17) is 11.6 Å². The summed E-state index contributed by atoms with van der Waals surface area (Å²) in [6.07, 6.45) is -1.89. The van der Waals surface area contributed by atoms with Crippen molar-refractivity contribution < 1.29 is 37.0 Å². The van der Waals surface area contributed by atoms with Crippen LogP contribution in [-0.4, -0.2) is 71.1 Å². The van der Waals surface area contributed by atoms with Crippen LogP contribution in [0.5, 0.6) is 5.88 Å². The summed E-state index contributed by atoms with van der Waals surface area (Å²) in [4.78, 5) is 32.2. The van der Waals surface area contributed by atoms with E-state index in [0.717, 1.165) is 9.91 Å². The third-order valence-corrected chi connectivity index (χ3v) is 4.37. The molecule has 2 aromatic rings. The molecule has 0 bridgehead atoms. The van der Waals surface area contributed by atoms with Gasteiger partial charge < -0.3 is 15.2 Å². The Kier molecular flexibility index (Phi) is 9.09. The van der Waals surface area contributed by atoms with E-state index in [1.165, 1.54) is 25.5 Å². The topological polar surface area (TPSA) is 120 Å². The second-order valence-electron chi connectivity index (χ2n) is 6.45. The molecule has 184 valence electrons. The van der Waals surface area contributed by atoms with Crippen molar-refractivity contribution in [3.8, 4) is 5.88 Å². The molecule has 0 fully saturated rings. The number of carbonyl (C=O) groups is 2. The summed E-state index contributed by atoms with van der Waals surface area (Å²) < 4.78 is 57.7. The highest BCUT2D eigenvalue weighted by Gasteiger charge is 2.31. The lowest BCUT2D eigenvalue weighted by Crippen LogP contribution is -2.34. The molecule has 2 aromatic heterocycles. The molecule has 34 heavy (non-hydrogen) atoms. The van der Waals surface area contributed by atoms with Crippen LogP contribution in [0.2, 0.25) is 5.02 Å². The number of ether oxygens (including phenoxy) is 1. The second kappa shape index (κ2) is 11.6. The summed E-state index contributed by atoms with van der Waals surface area (Å²) in [6.45, 7) is -0.804. The van der Waals surface area contributed by atoms with Gasteiger partial charge in [-0.05, 0) is 19.1 Å². The number of pyridine rings is 2. The largest absolute Gasteiger partial charge is 0.467 e. The predicted octanol–water partition coefficient (Wildman–Crippen LogP) is 2.68. The lowest BCUT2D eigenvalue weighted by atomic mass is 10.2. The van der Waals surface area contributed by atoms with Crippen molar-refractivity contribution in [1.82, 2.24) is 14.9 Å². The fourth-order valence-electron chi connectivity index (χ4n) is 2.50. The summed E-state index contributed by atoms with van der Waals surface area (Å²) in [5.41, 5.74) is -0.586. The van der Waals surface area contributed by atoms with E-state index < -0.39 is 48.4 Å². The van der Waals surface area contributed by atoms with Gasteiger partial charge in [0.05, 0.1) is 10.7 Å². The number of rotatable bonds is 9. The molecule has 2 amide bonds. The number of aliphatic hydroxyl groups excluding tert-OH is 1. The zero-order chi connectivity index (χ0) is 25.5. The number of amidine groups is 1. The molecule has 0 aliphatic carbocycles. The number of aliphatic hydroxyl groups is 1. The van der Waals surface area contributed by atoms with E-state index in [1.54, 1.807) is 6.92 Å². The van der Waals surface area contributed by atoms with Gasteiger partial charge in [0.1, 0.15) is 12.2 Å². The third-order valence-electron chi connectivity index (χ3n) is 4.07. The number of anilines is 2. The Morgan fingerprint density at radius 3 is 2.68 bits per heavy atom. The van der Waals surface area contributed by atoms with Gasteiger partial charge in [-0.1, -0.05) is 11.6 Å². The van der Waals surface area contributed by atoms with Gasteiger partial charge in [-0.15, -0.1) is 0 Å². The van der Waals surface area contributed by atoms with E-state index in [-0.39, 0.29) is 23.1 Å². The number of nitrogens with one attached hydrogen (secondary N) is 1. The lowest BCUT2D eigenvalue weighted by Gasteiger charge is -2.21. The molecular weight excluding hydrogens is 488 g/mol. The van der Waals surface area contributed by atoms with Gasteiger partial charge in [-0.25, -0.2) is 9.40 Å². The molecule has 2 rings (SSSR count). The predicted molar refractivity (Wildman–Crippen MR) is 114 cm³/mol. The number of alkyl halides is 3. The van der Waals surface area contributed by atoms with Crippen LogP contribution in [0, 0.1) is 5.82 Å². The molecule has 0 spiro atoms. The summed E-state index contributed by atoms with van der Waals surface area (Å²) in [7, 11) is 1.17. The fourth-order valence-corrected chi connectivity index (χ4v) is 2.66. The molecule has 0 aromatic carbocycles. The first kappa shape index (κ1) is 26.7. The smallest absolute Gasteiger partial charge is 0.422 e. The fraction of sp³-hybridized carbons (Fsp3) is 0.316. The number of hydrogen-bond donors (Lipinski definition) is 2. The van der Waals surface area contributed by atoms with E-state index in [2.05, 4.69) is 25.1 Å². The first-order chi connectivity index (χ1) is 16.0. The Morgan fingerprint density at radius 1 is 1.41 bits per heavy atom. The SMILES string of the molecule is CCN(C=O)/C(CO)=N\N(C)c1nc(OCC(F)(F)F)c(C(=O)Nc2ccncc2Cl)cc1F. The monoisotopic (exact) mass is 506 g/mol. The Morgan fingerprint density at radius 2 is 2.12 bits per heavy atom. The van der Waals surface area contributed by atoms with Crippen LogP contribution in [0.1, 0.15) is 17.3 Å². The highest BCUT2D eigenvalue weighted by molar-refractivity contribution is 6.33. The Balaban J connectivity index is 2.49. The van der Waals surface area contributed by atoms with Crippen molar-refractivity contribution in [2.24, 2.45) is 5.10 Å². The maximum atomic E-state index is 14.8. The van der Waals surface area contributed by atoms with Crippen LogP contribution in [-0.2, 0) is 4.79 Å². The van der Waals surface area contributed by atoms with Gasteiger partial charge >= 0.3 is 6.18 Å². The number of halogens is 5. The molecule has 0 unspecified atom stereocenters. The van der Waals surface area contributed by atoms with Crippen molar-refractivity contribution in [1.29, 1.82) is 0 Å². The number of aromatic nitrogens is 2. The van der Waals surface area contributed by atoms with Crippen molar-refractivity contribution >= 4 is 41.3 Å². The molecule has 15 heteroatoms. The Labute approximate surface area is 195 Å². The highest BCUT2D eigenvalue weighted by Crippen LogP contribution is 2.28. The molecule has 10 nitrogen and oxygen atoms in total. The van der Waals surface area contributed by atoms with Crippen LogP contribution in [0.25, 0.3) is 0 Å². The third kappa shape index (κ3) is 6.99. The molecular formula is C19H19ClF4N6O4. The van der Waals surface area contributed by atoms with Crippen LogP contribution >= 0.6 is 11.6 Å².